The average molecular weight is 477 g/mol. The molecular formula is C28H36N4O3. The standard InChI is InChI=1S/C28H36N4O3/c1-18-24(9-6-10-25(18)35-2)28(34)31-21-15-22-12-13-23(16-21)32(22)26-14-11-19(17-29-26)27(33)30-20-7-4-3-5-8-20/h6,9-11,14,17,20-23H,3-5,7-8,12-13,15-16H2,1-2H3,(H,30,33)(H,31,34)/t21-,22+,23-. The van der Waals surface area contributed by atoms with E-state index in [2.05, 4.69) is 20.5 Å². The molecule has 3 fully saturated rings. The molecule has 2 bridgehead atoms. The number of ether oxygens (including phenoxy) is 1. The maximum atomic E-state index is 13.0. The minimum atomic E-state index is -0.0364. The molecule has 2 N–H and O–H groups in total. The Bertz CT molecular complexity index is 1050. The molecule has 35 heavy (non-hydrogen) atoms. The van der Waals surface area contributed by atoms with E-state index in [1.54, 1.807) is 13.3 Å². The second-order valence-corrected chi connectivity index (χ2v) is 10.3. The van der Waals surface area contributed by atoms with Crippen molar-refractivity contribution in [2.75, 3.05) is 12.0 Å². The molecular weight excluding hydrogens is 440 g/mol. The van der Waals surface area contributed by atoms with E-state index in [0.717, 1.165) is 55.7 Å². The monoisotopic (exact) mass is 476 g/mol. The summed E-state index contributed by atoms with van der Waals surface area (Å²) < 4.78 is 5.38. The summed E-state index contributed by atoms with van der Waals surface area (Å²) in [5.41, 5.74) is 2.16. The van der Waals surface area contributed by atoms with Gasteiger partial charge in [-0.1, -0.05) is 25.3 Å². The lowest BCUT2D eigenvalue weighted by molar-refractivity contribution is 0.0918. The first-order valence-electron chi connectivity index (χ1n) is 13.0. The van der Waals surface area contributed by atoms with Gasteiger partial charge < -0.3 is 20.3 Å². The van der Waals surface area contributed by atoms with Crippen molar-refractivity contribution in [3.63, 3.8) is 0 Å². The summed E-state index contributed by atoms with van der Waals surface area (Å²) in [6, 6.07) is 10.6. The third kappa shape index (κ3) is 5.00. The van der Waals surface area contributed by atoms with Crippen molar-refractivity contribution in [2.45, 2.75) is 88.9 Å². The van der Waals surface area contributed by atoms with Gasteiger partial charge in [-0.25, -0.2) is 4.98 Å². The highest BCUT2D eigenvalue weighted by Crippen LogP contribution is 2.38. The van der Waals surface area contributed by atoms with Crippen molar-refractivity contribution in [2.24, 2.45) is 0 Å². The van der Waals surface area contributed by atoms with E-state index in [1.807, 2.05) is 37.3 Å². The summed E-state index contributed by atoms with van der Waals surface area (Å²) in [5.74, 6) is 1.61. The summed E-state index contributed by atoms with van der Waals surface area (Å²) in [6.45, 7) is 1.92. The van der Waals surface area contributed by atoms with E-state index >= 15 is 0 Å². The topological polar surface area (TPSA) is 83.6 Å². The van der Waals surface area contributed by atoms with Crippen LogP contribution in [0.3, 0.4) is 0 Å². The fraction of sp³-hybridized carbons (Fsp3) is 0.536. The summed E-state index contributed by atoms with van der Waals surface area (Å²) in [7, 11) is 1.63. The number of benzene rings is 1. The molecule has 3 atom stereocenters. The van der Waals surface area contributed by atoms with Gasteiger partial charge >= 0.3 is 0 Å². The number of pyridine rings is 1. The molecule has 1 aromatic carbocycles. The van der Waals surface area contributed by atoms with Gasteiger partial charge in [0.1, 0.15) is 11.6 Å². The predicted octanol–water partition coefficient (Wildman–Crippen LogP) is 4.39. The minimum Gasteiger partial charge on any atom is -0.496 e. The van der Waals surface area contributed by atoms with Gasteiger partial charge in [-0.05, 0) is 69.7 Å². The van der Waals surface area contributed by atoms with E-state index in [1.165, 1.54) is 19.3 Å². The van der Waals surface area contributed by atoms with Gasteiger partial charge in [-0.15, -0.1) is 0 Å². The second kappa shape index (κ2) is 10.3. The fourth-order valence-corrected chi connectivity index (χ4v) is 6.20. The Labute approximate surface area is 207 Å². The highest BCUT2D eigenvalue weighted by atomic mass is 16.5. The predicted molar refractivity (Wildman–Crippen MR) is 136 cm³/mol. The first kappa shape index (κ1) is 23.6. The number of carbonyl (C=O) groups excluding carboxylic acids is 2. The zero-order chi connectivity index (χ0) is 24.4. The van der Waals surface area contributed by atoms with Crippen LogP contribution in [0.1, 0.15) is 84.1 Å². The molecule has 3 heterocycles. The number of anilines is 1. The number of methoxy groups -OCH3 is 1. The fourth-order valence-electron chi connectivity index (χ4n) is 6.20. The van der Waals surface area contributed by atoms with Gasteiger partial charge in [0, 0.05) is 41.5 Å². The number of carbonyl (C=O) groups is 2. The molecule has 1 saturated carbocycles. The number of nitrogens with one attached hydrogen (secondary N) is 2. The van der Waals surface area contributed by atoms with Crippen LogP contribution < -0.4 is 20.3 Å². The zero-order valence-electron chi connectivity index (χ0n) is 20.8. The van der Waals surface area contributed by atoms with Crippen LogP contribution in [0.2, 0.25) is 0 Å². The van der Waals surface area contributed by atoms with E-state index in [-0.39, 0.29) is 17.9 Å². The van der Waals surface area contributed by atoms with Crippen LogP contribution in [0.4, 0.5) is 5.82 Å². The molecule has 2 saturated heterocycles. The molecule has 1 aliphatic carbocycles. The van der Waals surface area contributed by atoms with Gasteiger partial charge in [-0.3, -0.25) is 9.59 Å². The van der Waals surface area contributed by atoms with Crippen LogP contribution in [0.5, 0.6) is 5.75 Å². The minimum absolute atomic E-state index is 0.0202. The van der Waals surface area contributed by atoms with Gasteiger partial charge in [0.15, 0.2) is 0 Å². The third-order valence-corrected chi connectivity index (χ3v) is 8.03. The van der Waals surface area contributed by atoms with Crippen molar-refractivity contribution in [3.05, 3.63) is 53.2 Å². The Balaban J connectivity index is 1.20. The third-order valence-electron chi connectivity index (χ3n) is 8.03. The van der Waals surface area contributed by atoms with Crippen molar-refractivity contribution < 1.29 is 14.3 Å². The zero-order valence-corrected chi connectivity index (χ0v) is 20.8. The highest BCUT2D eigenvalue weighted by molar-refractivity contribution is 5.96. The number of amides is 2. The van der Waals surface area contributed by atoms with E-state index < -0.39 is 0 Å². The SMILES string of the molecule is COc1cccc(C(=O)N[C@H]2C[C@H]3CC[C@@H](C2)N3c2ccc(C(=O)NC3CCCCC3)cn2)c1C. The normalized spacial score (nSPS) is 24.2. The van der Waals surface area contributed by atoms with Crippen molar-refractivity contribution in [1.82, 2.24) is 15.6 Å². The Morgan fingerprint density at radius 3 is 2.29 bits per heavy atom. The summed E-state index contributed by atoms with van der Waals surface area (Å²) >= 11 is 0. The number of hydrogen-bond donors (Lipinski definition) is 2. The number of nitrogens with zero attached hydrogens (tertiary/aromatic N) is 2. The summed E-state index contributed by atoms with van der Waals surface area (Å²) in [6.07, 6.45) is 11.5. The lowest BCUT2D eigenvalue weighted by Crippen LogP contribution is -2.50. The Morgan fingerprint density at radius 2 is 1.63 bits per heavy atom. The van der Waals surface area contributed by atoms with E-state index in [4.69, 9.17) is 4.74 Å². The molecule has 0 spiro atoms. The molecule has 2 aromatic rings. The highest BCUT2D eigenvalue weighted by Gasteiger charge is 2.42. The van der Waals surface area contributed by atoms with Gasteiger partial charge in [-0.2, -0.15) is 0 Å². The molecule has 7 heteroatoms. The van der Waals surface area contributed by atoms with Gasteiger partial charge in [0.25, 0.3) is 11.8 Å². The van der Waals surface area contributed by atoms with Gasteiger partial charge in [0.2, 0.25) is 0 Å². The van der Waals surface area contributed by atoms with Gasteiger partial charge in [0.05, 0.1) is 12.7 Å². The first-order valence-corrected chi connectivity index (χ1v) is 13.0. The number of aromatic nitrogens is 1. The van der Waals surface area contributed by atoms with Crippen LogP contribution >= 0.6 is 0 Å². The number of fused-ring (bicyclic) bond motifs is 2. The van der Waals surface area contributed by atoms with Crippen LogP contribution in [-0.4, -0.2) is 48.1 Å². The van der Waals surface area contributed by atoms with Crippen molar-refractivity contribution in [3.8, 4) is 5.75 Å². The van der Waals surface area contributed by atoms with Crippen LogP contribution in [-0.2, 0) is 0 Å². The number of hydrogen-bond acceptors (Lipinski definition) is 5. The van der Waals surface area contributed by atoms with E-state index in [9.17, 15) is 9.59 Å². The van der Waals surface area contributed by atoms with Crippen LogP contribution in [0.25, 0.3) is 0 Å². The smallest absolute Gasteiger partial charge is 0.253 e. The molecule has 0 unspecified atom stereocenters. The Hall–Kier alpha value is -3.09. The quantitative estimate of drug-likeness (QED) is 0.646. The largest absolute Gasteiger partial charge is 0.496 e. The van der Waals surface area contributed by atoms with Crippen LogP contribution in [0.15, 0.2) is 36.5 Å². The lowest BCUT2D eigenvalue weighted by atomic mass is 9.95. The number of rotatable bonds is 6. The molecule has 1 aromatic heterocycles. The average Bonchev–Trinajstić information content (AvgIpc) is 3.14. The Kier molecular flexibility index (Phi) is 6.93. The molecule has 7 nitrogen and oxygen atoms in total. The van der Waals surface area contributed by atoms with E-state index in [0.29, 0.717) is 29.3 Å². The first-order chi connectivity index (χ1) is 17.0. The van der Waals surface area contributed by atoms with Crippen LogP contribution in [0, 0.1) is 6.92 Å². The molecule has 2 amide bonds. The molecule has 186 valence electrons. The number of piperidine rings is 1. The molecule has 0 radical (unpaired) electrons. The molecule has 3 aliphatic rings. The summed E-state index contributed by atoms with van der Waals surface area (Å²) in [5, 5.41) is 6.44. The summed E-state index contributed by atoms with van der Waals surface area (Å²) in [4.78, 5) is 32.7. The molecule has 5 rings (SSSR count). The lowest BCUT2D eigenvalue weighted by Gasteiger charge is -2.40. The molecule has 2 aliphatic heterocycles. The second-order valence-electron chi connectivity index (χ2n) is 10.3. The maximum Gasteiger partial charge on any atom is 0.253 e. The van der Waals surface area contributed by atoms with Crippen molar-refractivity contribution >= 4 is 17.6 Å². The Morgan fingerprint density at radius 1 is 0.914 bits per heavy atom. The maximum absolute atomic E-state index is 13.0. The van der Waals surface area contributed by atoms with Crippen molar-refractivity contribution in [1.29, 1.82) is 0 Å².